The van der Waals surface area contributed by atoms with Crippen LogP contribution < -0.4 is 15.6 Å². The van der Waals surface area contributed by atoms with Crippen molar-refractivity contribution < 1.29 is 9.53 Å². The first-order valence-electron chi connectivity index (χ1n) is 8.80. The number of anilines is 1. The summed E-state index contributed by atoms with van der Waals surface area (Å²) in [4.78, 5) is 26.0. The summed E-state index contributed by atoms with van der Waals surface area (Å²) in [5.41, 5.74) is 1.32. The van der Waals surface area contributed by atoms with Crippen molar-refractivity contribution in [3.63, 3.8) is 0 Å². The molecule has 6 nitrogen and oxygen atoms in total. The van der Waals surface area contributed by atoms with Crippen molar-refractivity contribution >= 4 is 22.2 Å². The van der Waals surface area contributed by atoms with E-state index in [1.807, 2.05) is 6.92 Å². The maximum atomic E-state index is 12.4. The predicted octanol–water partition coefficient (Wildman–Crippen LogP) is 3.09. The molecule has 0 saturated carbocycles. The molecule has 1 amide bonds. The van der Waals surface area contributed by atoms with E-state index in [9.17, 15) is 14.9 Å². The zero-order chi connectivity index (χ0) is 18.5. The molecular weight excluding hydrogens is 350 g/mol. The van der Waals surface area contributed by atoms with Crippen LogP contribution in [0.15, 0.2) is 23.1 Å². The molecule has 0 spiro atoms. The zero-order valence-electron chi connectivity index (χ0n) is 14.7. The minimum atomic E-state index is -0.331. The Labute approximate surface area is 156 Å². The molecule has 0 unspecified atom stereocenters. The standard InChI is InChI=1S/C19H21N3O3S/c1-2-10-25-15-7-5-9-22(19(15)24)12-17(23)21-18-14(11-20)13-6-3-4-8-16(13)26-18/h5,7,9H,2-4,6,8,10,12H2,1H3,(H,21,23). The Kier molecular flexibility index (Phi) is 5.74. The van der Waals surface area contributed by atoms with Gasteiger partial charge in [-0.25, -0.2) is 0 Å². The minimum absolute atomic E-state index is 0.115. The number of aryl methyl sites for hydroxylation is 1. The number of ether oxygens (including phenoxy) is 1. The van der Waals surface area contributed by atoms with Crippen LogP contribution in [0.4, 0.5) is 5.00 Å². The van der Waals surface area contributed by atoms with E-state index in [-0.39, 0.29) is 23.8 Å². The maximum absolute atomic E-state index is 12.4. The maximum Gasteiger partial charge on any atom is 0.293 e. The normalized spacial score (nSPS) is 12.9. The lowest BCUT2D eigenvalue weighted by atomic mass is 9.96. The molecule has 1 aliphatic carbocycles. The third-order valence-electron chi connectivity index (χ3n) is 4.30. The number of thiophene rings is 1. The monoisotopic (exact) mass is 371 g/mol. The van der Waals surface area contributed by atoms with E-state index in [0.717, 1.165) is 37.7 Å². The van der Waals surface area contributed by atoms with E-state index in [4.69, 9.17) is 4.74 Å². The number of pyridine rings is 1. The predicted molar refractivity (Wildman–Crippen MR) is 101 cm³/mol. The smallest absolute Gasteiger partial charge is 0.293 e. The van der Waals surface area contributed by atoms with Crippen LogP contribution in [0.2, 0.25) is 0 Å². The number of aromatic nitrogens is 1. The molecule has 0 atom stereocenters. The first-order valence-corrected chi connectivity index (χ1v) is 9.62. The Morgan fingerprint density at radius 3 is 3.00 bits per heavy atom. The summed E-state index contributed by atoms with van der Waals surface area (Å²) >= 11 is 1.48. The quantitative estimate of drug-likeness (QED) is 0.846. The molecule has 1 N–H and O–H groups in total. The van der Waals surface area contributed by atoms with Gasteiger partial charge in [-0.15, -0.1) is 11.3 Å². The number of nitriles is 1. The number of nitrogens with one attached hydrogen (secondary N) is 1. The van der Waals surface area contributed by atoms with Crippen molar-refractivity contribution in [2.75, 3.05) is 11.9 Å². The highest BCUT2D eigenvalue weighted by Crippen LogP contribution is 2.37. The molecule has 3 rings (SSSR count). The Morgan fingerprint density at radius 1 is 1.42 bits per heavy atom. The topological polar surface area (TPSA) is 84.1 Å². The van der Waals surface area contributed by atoms with Crippen LogP contribution in [0.5, 0.6) is 5.75 Å². The summed E-state index contributed by atoms with van der Waals surface area (Å²) < 4.78 is 6.73. The van der Waals surface area contributed by atoms with Crippen molar-refractivity contribution in [3.05, 3.63) is 44.7 Å². The molecule has 1 aliphatic rings. The Hall–Kier alpha value is -2.59. The average molecular weight is 371 g/mol. The number of rotatable bonds is 6. The lowest BCUT2D eigenvalue weighted by Gasteiger charge is -2.10. The van der Waals surface area contributed by atoms with E-state index in [1.165, 1.54) is 20.8 Å². The summed E-state index contributed by atoms with van der Waals surface area (Å²) in [7, 11) is 0. The molecule has 2 aromatic rings. The number of fused-ring (bicyclic) bond motifs is 1. The molecule has 0 radical (unpaired) electrons. The Morgan fingerprint density at radius 2 is 2.23 bits per heavy atom. The number of hydrogen-bond acceptors (Lipinski definition) is 5. The number of hydrogen-bond donors (Lipinski definition) is 1. The van der Waals surface area contributed by atoms with E-state index in [0.29, 0.717) is 17.2 Å². The molecule has 0 bridgehead atoms. The molecule has 0 aliphatic heterocycles. The zero-order valence-corrected chi connectivity index (χ0v) is 15.5. The molecule has 136 valence electrons. The summed E-state index contributed by atoms with van der Waals surface area (Å²) in [5.74, 6) is -0.0821. The second-order valence-corrected chi connectivity index (χ2v) is 7.33. The summed E-state index contributed by atoms with van der Waals surface area (Å²) in [6.07, 6.45) is 6.40. The average Bonchev–Trinajstić information content (AvgIpc) is 2.99. The fourth-order valence-electron chi connectivity index (χ4n) is 3.05. The van der Waals surface area contributed by atoms with Crippen molar-refractivity contribution in [3.8, 4) is 11.8 Å². The van der Waals surface area contributed by atoms with Gasteiger partial charge in [-0.05, 0) is 49.8 Å². The van der Waals surface area contributed by atoms with Crippen LogP contribution in [0.1, 0.15) is 42.2 Å². The fraction of sp³-hybridized carbons (Fsp3) is 0.421. The SMILES string of the molecule is CCCOc1cccn(CC(=O)Nc2sc3c(c2C#N)CCCC3)c1=O. The van der Waals surface area contributed by atoms with Crippen molar-refractivity contribution in [1.29, 1.82) is 5.26 Å². The van der Waals surface area contributed by atoms with Gasteiger partial charge in [0.05, 0.1) is 12.2 Å². The fourth-order valence-corrected chi connectivity index (χ4v) is 4.31. The van der Waals surface area contributed by atoms with E-state index >= 15 is 0 Å². The van der Waals surface area contributed by atoms with Gasteiger partial charge in [-0.3, -0.25) is 9.59 Å². The summed E-state index contributed by atoms with van der Waals surface area (Å²) in [5, 5.41) is 12.9. The minimum Gasteiger partial charge on any atom is -0.488 e. The molecule has 2 heterocycles. The van der Waals surface area contributed by atoms with Crippen molar-refractivity contribution in [2.24, 2.45) is 0 Å². The highest BCUT2D eigenvalue weighted by atomic mass is 32.1. The second-order valence-electron chi connectivity index (χ2n) is 6.23. The van der Waals surface area contributed by atoms with E-state index in [2.05, 4.69) is 11.4 Å². The van der Waals surface area contributed by atoms with E-state index < -0.39 is 0 Å². The first kappa shape index (κ1) is 18.2. The largest absolute Gasteiger partial charge is 0.488 e. The van der Waals surface area contributed by atoms with Gasteiger partial charge in [0.25, 0.3) is 5.56 Å². The van der Waals surface area contributed by atoms with Crippen LogP contribution in [0.25, 0.3) is 0 Å². The number of carbonyl (C=O) groups is 1. The summed E-state index contributed by atoms with van der Waals surface area (Å²) in [6, 6.07) is 5.51. The lowest BCUT2D eigenvalue weighted by molar-refractivity contribution is -0.116. The van der Waals surface area contributed by atoms with Crippen LogP contribution >= 0.6 is 11.3 Å². The lowest BCUT2D eigenvalue weighted by Crippen LogP contribution is -2.28. The molecule has 2 aromatic heterocycles. The molecule has 0 saturated heterocycles. The van der Waals surface area contributed by atoms with Gasteiger partial charge in [-0.1, -0.05) is 6.92 Å². The molecule has 0 aromatic carbocycles. The second kappa shape index (κ2) is 8.19. The highest BCUT2D eigenvalue weighted by molar-refractivity contribution is 7.16. The van der Waals surface area contributed by atoms with Crippen LogP contribution in [-0.2, 0) is 24.2 Å². The van der Waals surface area contributed by atoms with Gasteiger partial charge in [0, 0.05) is 11.1 Å². The van der Waals surface area contributed by atoms with Crippen LogP contribution in [0.3, 0.4) is 0 Å². The number of amides is 1. The third kappa shape index (κ3) is 3.81. The van der Waals surface area contributed by atoms with Gasteiger partial charge in [0.1, 0.15) is 17.6 Å². The van der Waals surface area contributed by atoms with Crippen molar-refractivity contribution in [1.82, 2.24) is 4.57 Å². The third-order valence-corrected chi connectivity index (χ3v) is 5.50. The molecule has 26 heavy (non-hydrogen) atoms. The van der Waals surface area contributed by atoms with Gasteiger partial charge >= 0.3 is 0 Å². The molecule has 0 fully saturated rings. The van der Waals surface area contributed by atoms with E-state index in [1.54, 1.807) is 18.3 Å². The van der Waals surface area contributed by atoms with Crippen molar-refractivity contribution in [2.45, 2.75) is 45.6 Å². The van der Waals surface area contributed by atoms with Crippen LogP contribution in [-0.4, -0.2) is 17.1 Å². The Balaban J connectivity index is 1.75. The van der Waals surface area contributed by atoms with Gasteiger partial charge in [0.15, 0.2) is 5.75 Å². The van der Waals surface area contributed by atoms with Gasteiger partial charge in [0.2, 0.25) is 5.91 Å². The Bertz CT molecular complexity index is 908. The number of carbonyl (C=O) groups excluding carboxylic acids is 1. The highest BCUT2D eigenvalue weighted by Gasteiger charge is 2.22. The van der Waals surface area contributed by atoms with Crippen LogP contribution in [0, 0.1) is 11.3 Å². The molecule has 7 heteroatoms. The number of nitrogens with zero attached hydrogens (tertiary/aromatic N) is 2. The van der Waals surface area contributed by atoms with Gasteiger partial charge in [-0.2, -0.15) is 5.26 Å². The summed E-state index contributed by atoms with van der Waals surface area (Å²) in [6.45, 7) is 2.30. The molecular formula is C19H21N3O3S. The first-order chi connectivity index (χ1) is 12.6. The van der Waals surface area contributed by atoms with Gasteiger partial charge < -0.3 is 14.6 Å².